The summed E-state index contributed by atoms with van der Waals surface area (Å²) in [6, 6.07) is 3.98. The zero-order valence-electron chi connectivity index (χ0n) is 15.3. The molecule has 0 spiro atoms. The average Bonchev–Trinajstić information content (AvgIpc) is 2.74. The van der Waals surface area contributed by atoms with Crippen molar-refractivity contribution in [2.45, 2.75) is 6.18 Å². The molecule has 2 aromatic heterocycles. The summed E-state index contributed by atoms with van der Waals surface area (Å²) in [5, 5.41) is 0. The Hall–Kier alpha value is -2.62. The van der Waals surface area contributed by atoms with Crippen LogP contribution in [-0.4, -0.2) is 67.4 Å². The molecule has 28 heavy (non-hydrogen) atoms. The van der Waals surface area contributed by atoms with E-state index < -0.39 is 11.7 Å². The maximum atomic E-state index is 12.9. The number of morpholine rings is 1. The van der Waals surface area contributed by atoms with E-state index in [1.54, 1.807) is 6.20 Å². The van der Waals surface area contributed by atoms with Crippen LogP contribution in [0.2, 0.25) is 0 Å². The lowest BCUT2D eigenvalue weighted by Crippen LogP contribution is -2.47. The largest absolute Gasteiger partial charge is 0.416 e. The number of halogens is 3. The van der Waals surface area contributed by atoms with Crippen LogP contribution in [0.3, 0.4) is 0 Å². The first-order valence-corrected chi connectivity index (χ1v) is 9.19. The molecule has 0 saturated carbocycles. The third-order valence-electron chi connectivity index (χ3n) is 4.92. The SMILES string of the molecule is FC(F)(F)c1ccnc(N2CCN(c3nccc(N4CCOCC4)n3)CC2)c1. The molecule has 2 aromatic rings. The van der Waals surface area contributed by atoms with Crippen LogP contribution < -0.4 is 14.7 Å². The highest BCUT2D eigenvalue weighted by Crippen LogP contribution is 2.31. The van der Waals surface area contributed by atoms with E-state index in [-0.39, 0.29) is 0 Å². The van der Waals surface area contributed by atoms with Crippen molar-refractivity contribution in [1.29, 1.82) is 0 Å². The minimum absolute atomic E-state index is 0.345. The van der Waals surface area contributed by atoms with Gasteiger partial charge in [0.15, 0.2) is 0 Å². The Morgan fingerprint density at radius 3 is 2.14 bits per heavy atom. The Kier molecular flexibility index (Phi) is 5.21. The molecule has 2 fully saturated rings. The smallest absolute Gasteiger partial charge is 0.378 e. The fraction of sp³-hybridized carbons (Fsp3) is 0.500. The third-order valence-corrected chi connectivity index (χ3v) is 4.92. The number of ether oxygens (including phenoxy) is 1. The van der Waals surface area contributed by atoms with Crippen molar-refractivity contribution >= 4 is 17.6 Å². The Morgan fingerprint density at radius 1 is 0.786 bits per heavy atom. The predicted octanol–water partition coefficient (Wildman–Crippen LogP) is 2.05. The standard InChI is InChI=1S/C18H21F3N6O/c19-18(20,21)14-1-3-22-16(13-14)25-5-7-27(8-6-25)17-23-4-2-15(24-17)26-9-11-28-12-10-26/h1-4,13H,5-12H2. The second-order valence-electron chi connectivity index (χ2n) is 6.69. The first-order chi connectivity index (χ1) is 13.5. The third kappa shape index (κ3) is 4.11. The van der Waals surface area contributed by atoms with Crippen LogP contribution in [0.25, 0.3) is 0 Å². The van der Waals surface area contributed by atoms with Crippen LogP contribution in [0.15, 0.2) is 30.6 Å². The Labute approximate surface area is 160 Å². The van der Waals surface area contributed by atoms with E-state index in [4.69, 9.17) is 4.74 Å². The summed E-state index contributed by atoms with van der Waals surface area (Å²) in [5.74, 6) is 1.85. The number of hydrogen-bond donors (Lipinski definition) is 0. The molecular formula is C18H21F3N6O. The molecule has 0 unspecified atom stereocenters. The van der Waals surface area contributed by atoms with Gasteiger partial charge in [-0.2, -0.15) is 18.2 Å². The van der Waals surface area contributed by atoms with Gasteiger partial charge in [-0.05, 0) is 18.2 Å². The van der Waals surface area contributed by atoms with Gasteiger partial charge in [-0.3, -0.25) is 0 Å². The number of pyridine rings is 1. The van der Waals surface area contributed by atoms with Gasteiger partial charge in [0, 0.05) is 51.7 Å². The number of alkyl halides is 3. The summed E-state index contributed by atoms with van der Waals surface area (Å²) >= 11 is 0. The van der Waals surface area contributed by atoms with E-state index in [1.165, 1.54) is 6.20 Å². The van der Waals surface area contributed by atoms with Crippen LogP contribution >= 0.6 is 0 Å². The van der Waals surface area contributed by atoms with Crippen molar-refractivity contribution < 1.29 is 17.9 Å². The van der Waals surface area contributed by atoms with Crippen molar-refractivity contribution in [1.82, 2.24) is 15.0 Å². The molecule has 0 radical (unpaired) electrons. The first kappa shape index (κ1) is 18.7. The summed E-state index contributed by atoms with van der Waals surface area (Å²) in [6.07, 6.45) is -1.42. The normalized spacial score (nSPS) is 18.5. The van der Waals surface area contributed by atoms with Gasteiger partial charge in [0.25, 0.3) is 0 Å². The van der Waals surface area contributed by atoms with Crippen molar-refractivity contribution in [2.75, 3.05) is 67.2 Å². The van der Waals surface area contributed by atoms with Crippen molar-refractivity contribution in [3.8, 4) is 0 Å². The van der Waals surface area contributed by atoms with Crippen LogP contribution in [0.5, 0.6) is 0 Å². The Morgan fingerprint density at radius 2 is 1.43 bits per heavy atom. The highest BCUT2D eigenvalue weighted by atomic mass is 19.4. The van der Waals surface area contributed by atoms with Gasteiger partial charge in [-0.15, -0.1) is 0 Å². The molecule has 4 rings (SSSR count). The molecule has 0 atom stereocenters. The number of piperazine rings is 1. The molecule has 2 aliphatic heterocycles. The summed E-state index contributed by atoms with van der Waals surface area (Å²) in [7, 11) is 0. The quantitative estimate of drug-likeness (QED) is 0.790. The maximum Gasteiger partial charge on any atom is 0.416 e. The number of aromatic nitrogens is 3. The van der Waals surface area contributed by atoms with Gasteiger partial charge in [0.05, 0.1) is 18.8 Å². The predicted molar refractivity (Wildman–Crippen MR) is 98.7 cm³/mol. The van der Waals surface area contributed by atoms with E-state index in [0.29, 0.717) is 51.2 Å². The summed E-state index contributed by atoms with van der Waals surface area (Å²) in [5.41, 5.74) is -0.679. The molecule has 0 N–H and O–H groups in total. The highest BCUT2D eigenvalue weighted by Gasteiger charge is 2.31. The summed E-state index contributed by atoms with van der Waals surface area (Å²) < 4.78 is 44.2. The second-order valence-corrected chi connectivity index (χ2v) is 6.69. The second kappa shape index (κ2) is 7.78. The molecular weight excluding hydrogens is 373 g/mol. The van der Waals surface area contributed by atoms with Crippen molar-refractivity contribution in [3.05, 3.63) is 36.2 Å². The van der Waals surface area contributed by atoms with Crippen LogP contribution in [-0.2, 0) is 10.9 Å². The van der Waals surface area contributed by atoms with Crippen molar-refractivity contribution in [3.63, 3.8) is 0 Å². The van der Waals surface area contributed by atoms with Gasteiger partial charge < -0.3 is 19.4 Å². The molecule has 0 amide bonds. The lowest BCUT2D eigenvalue weighted by Gasteiger charge is -2.36. The number of nitrogens with zero attached hydrogens (tertiary/aromatic N) is 6. The number of rotatable bonds is 3. The Balaban J connectivity index is 1.42. The van der Waals surface area contributed by atoms with E-state index in [0.717, 1.165) is 31.0 Å². The van der Waals surface area contributed by atoms with E-state index in [9.17, 15) is 13.2 Å². The summed E-state index contributed by atoms with van der Waals surface area (Å²) in [6.45, 7) is 5.30. The zero-order valence-corrected chi connectivity index (χ0v) is 15.3. The van der Waals surface area contributed by atoms with Crippen LogP contribution in [0.4, 0.5) is 30.8 Å². The first-order valence-electron chi connectivity index (χ1n) is 9.19. The lowest BCUT2D eigenvalue weighted by molar-refractivity contribution is -0.137. The minimum atomic E-state index is -4.37. The van der Waals surface area contributed by atoms with E-state index in [2.05, 4.69) is 19.9 Å². The fourth-order valence-electron chi connectivity index (χ4n) is 3.36. The Bertz CT molecular complexity index is 804. The maximum absolute atomic E-state index is 12.9. The average molecular weight is 394 g/mol. The molecule has 2 saturated heterocycles. The highest BCUT2D eigenvalue weighted by molar-refractivity contribution is 5.47. The van der Waals surface area contributed by atoms with Gasteiger partial charge in [0.1, 0.15) is 11.6 Å². The number of anilines is 3. The van der Waals surface area contributed by atoms with E-state index in [1.807, 2.05) is 15.9 Å². The summed E-state index contributed by atoms with van der Waals surface area (Å²) in [4.78, 5) is 19.2. The molecule has 0 aliphatic carbocycles. The van der Waals surface area contributed by atoms with Gasteiger partial charge in [-0.1, -0.05) is 0 Å². The molecule has 0 aromatic carbocycles. The van der Waals surface area contributed by atoms with E-state index >= 15 is 0 Å². The molecule has 0 bridgehead atoms. The molecule has 10 heteroatoms. The van der Waals surface area contributed by atoms with Gasteiger partial charge >= 0.3 is 6.18 Å². The van der Waals surface area contributed by atoms with Gasteiger partial charge in [0.2, 0.25) is 5.95 Å². The molecule has 2 aliphatic rings. The fourth-order valence-corrected chi connectivity index (χ4v) is 3.36. The molecule has 7 nitrogen and oxygen atoms in total. The number of hydrogen-bond acceptors (Lipinski definition) is 7. The van der Waals surface area contributed by atoms with Crippen LogP contribution in [0, 0.1) is 0 Å². The zero-order chi connectivity index (χ0) is 19.6. The van der Waals surface area contributed by atoms with Crippen LogP contribution in [0.1, 0.15) is 5.56 Å². The molecule has 4 heterocycles. The van der Waals surface area contributed by atoms with Crippen molar-refractivity contribution in [2.24, 2.45) is 0 Å². The topological polar surface area (TPSA) is 57.6 Å². The lowest BCUT2D eigenvalue weighted by atomic mass is 10.2. The minimum Gasteiger partial charge on any atom is -0.378 e. The van der Waals surface area contributed by atoms with Gasteiger partial charge in [-0.25, -0.2) is 9.97 Å². The molecule has 150 valence electrons. The monoisotopic (exact) mass is 394 g/mol.